The van der Waals surface area contributed by atoms with Gasteiger partial charge in [0.1, 0.15) is 0 Å². The Bertz CT molecular complexity index is 545. The van der Waals surface area contributed by atoms with Crippen LogP contribution in [0.25, 0.3) is 0 Å². The van der Waals surface area contributed by atoms with Crippen LogP contribution in [0.5, 0.6) is 0 Å². The first-order chi connectivity index (χ1) is 9.58. The molecule has 1 nitrogen and oxygen atoms in total. The number of benzene rings is 2. The summed E-state index contributed by atoms with van der Waals surface area (Å²) in [6, 6.07) is 15.1. The second-order valence-corrected chi connectivity index (χ2v) is 6.56. The minimum atomic E-state index is 0.356. The molecule has 0 bridgehead atoms. The molecule has 3 heteroatoms. The Balaban J connectivity index is 2.07. The van der Waals surface area contributed by atoms with E-state index in [4.69, 9.17) is 11.6 Å². The monoisotopic (exact) mass is 305 g/mol. The van der Waals surface area contributed by atoms with Gasteiger partial charge < -0.3 is 5.32 Å². The molecule has 20 heavy (non-hydrogen) atoms. The Morgan fingerprint density at radius 2 is 1.65 bits per heavy atom. The average Bonchev–Trinajstić information content (AvgIpc) is 2.40. The zero-order chi connectivity index (χ0) is 14.5. The van der Waals surface area contributed by atoms with E-state index in [2.05, 4.69) is 49.5 Å². The van der Waals surface area contributed by atoms with Crippen LogP contribution in [0.1, 0.15) is 22.7 Å². The second kappa shape index (κ2) is 7.16. The highest BCUT2D eigenvalue weighted by Gasteiger charge is 2.10. The van der Waals surface area contributed by atoms with Gasteiger partial charge >= 0.3 is 0 Å². The fraction of sp³-hybridized carbons (Fsp3) is 0.294. The average molecular weight is 306 g/mol. The topological polar surface area (TPSA) is 12.0 Å². The van der Waals surface area contributed by atoms with Crippen LogP contribution in [0.2, 0.25) is 5.02 Å². The maximum atomic E-state index is 5.91. The van der Waals surface area contributed by atoms with Gasteiger partial charge in [-0.2, -0.15) is 0 Å². The van der Waals surface area contributed by atoms with Crippen LogP contribution in [0.3, 0.4) is 0 Å². The van der Waals surface area contributed by atoms with Crippen molar-refractivity contribution in [2.75, 3.05) is 12.8 Å². The fourth-order valence-corrected chi connectivity index (χ4v) is 3.44. The quantitative estimate of drug-likeness (QED) is 0.779. The zero-order valence-electron chi connectivity index (χ0n) is 12.1. The summed E-state index contributed by atoms with van der Waals surface area (Å²) >= 11 is 7.76. The molecule has 0 aromatic heterocycles. The molecule has 2 rings (SSSR count). The number of thioether (sulfide) groups is 1. The first-order valence-corrected chi connectivity index (χ1v) is 8.08. The van der Waals surface area contributed by atoms with Crippen molar-refractivity contribution >= 4 is 23.4 Å². The molecule has 0 heterocycles. The fourth-order valence-electron chi connectivity index (χ4n) is 2.27. The predicted octanol–water partition coefficient (Wildman–Crippen LogP) is 5.01. The van der Waals surface area contributed by atoms with E-state index in [1.165, 1.54) is 21.6 Å². The van der Waals surface area contributed by atoms with Crippen molar-refractivity contribution < 1.29 is 0 Å². The number of aryl methyl sites for hydroxylation is 2. The lowest BCUT2D eigenvalue weighted by Crippen LogP contribution is -2.19. The van der Waals surface area contributed by atoms with E-state index in [1.807, 2.05) is 30.9 Å². The Labute approximate surface area is 130 Å². The lowest BCUT2D eigenvalue weighted by molar-refractivity contribution is 0.661. The number of halogens is 1. The van der Waals surface area contributed by atoms with Crippen LogP contribution >= 0.6 is 23.4 Å². The minimum Gasteiger partial charge on any atom is -0.312 e. The van der Waals surface area contributed by atoms with Gasteiger partial charge in [0.05, 0.1) is 0 Å². The minimum absolute atomic E-state index is 0.356. The largest absolute Gasteiger partial charge is 0.312 e. The SMILES string of the molecule is CNC(CSc1ccc(Cl)cc1)c1cc(C)cc(C)c1. The molecule has 0 aliphatic carbocycles. The summed E-state index contributed by atoms with van der Waals surface area (Å²) in [7, 11) is 2.02. The maximum absolute atomic E-state index is 5.91. The third-order valence-electron chi connectivity index (χ3n) is 3.23. The molecule has 0 aliphatic rings. The standard InChI is InChI=1S/C17H20ClNS/c1-12-8-13(2)10-14(9-12)17(19-3)11-20-16-6-4-15(18)5-7-16/h4-10,17,19H,11H2,1-3H3. The van der Waals surface area contributed by atoms with E-state index in [-0.39, 0.29) is 0 Å². The Morgan fingerprint density at radius 3 is 2.20 bits per heavy atom. The van der Waals surface area contributed by atoms with E-state index in [9.17, 15) is 0 Å². The second-order valence-electron chi connectivity index (χ2n) is 5.03. The molecule has 106 valence electrons. The summed E-state index contributed by atoms with van der Waals surface area (Å²) < 4.78 is 0. The number of nitrogens with one attached hydrogen (secondary N) is 1. The molecule has 0 amide bonds. The molecular formula is C17H20ClNS. The normalized spacial score (nSPS) is 12.4. The van der Waals surface area contributed by atoms with Crippen LogP contribution in [-0.4, -0.2) is 12.8 Å². The first-order valence-electron chi connectivity index (χ1n) is 6.72. The Hall–Kier alpha value is -0.960. The first kappa shape index (κ1) is 15.4. The lowest BCUT2D eigenvalue weighted by atomic mass is 10.0. The van der Waals surface area contributed by atoms with E-state index >= 15 is 0 Å². The number of hydrogen-bond acceptors (Lipinski definition) is 2. The van der Waals surface area contributed by atoms with Crippen LogP contribution in [0.15, 0.2) is 47.4 Å². The Kier molecular flexibility index (Phi) is 5.53. The summed E-state index contributed by atoms with van der Waals surface area (Å²) in [6.07, 6.45) is 0. The predicted molar refractivity (Wildman–Crippen MR) is 89.9 cm³/mol. The number of rotatable bonds is 5. The van der Waals surface area contributed by atoms with Gasteiger partial charge in [0.15, 0.2) is 0 Å². The van der Waals surface area contributed by atoms with Gasteiger partial charge in [-0.15, -0.1) is 11.8 Å². The summed E-state index contributed by atoms with van der Waals surface area (Å²) in [4.78, 5) is 1.25. The zero-order valence-corrected chi connectivity index (χ0v) is 13.7. The molecule has 0 spiro atoms. The summed E-state index contributed by atoms with van der Waals surface area (Å²) in [5.74, 6) is 1.00. The molecule has 0 saturated heterocycles. The summed E-state index contributed by atoms with van der Waals surface area (Å²) in [5, 5.41) is 4.19. The third kappa shape index (κ3) is 4.27. The van der Waals surface area contributed by atoms with Crippen LogP contribution in [0.4, 0.5) is 0 Å². The molecule has 0 radical (unpaired) electrons. The van der Waals surface area contributed by atoms with Gasteiger partial charge in [0, 0.05) is 21.7 Å². The molecule has 1 N–H and O–H groups in total. The number of hydrogen-bond donors (Lipinski definition) is 1. The maximum Gasteiger partial charge on any atom is 0.0413 e. The molecule has 0 aliphatic heterocycles. The van der Waals surface area contributed by atoms with Crippen molar-refractivity contribution in [2.45, 2.75) is 24.8 Å². The highest BCUT2D eigenvalue weighted by molar-refractivity contribution is 7.99. The van der Waals surface area contributed by atoms with Crippen LogP contribution in [0, 0.1) is 13.8 Å². The van der Waals surface area contributed by atoms with Gasteiger partial charge in [-0.1, -0.05) is 40.9 Å². The summed E-state index contributed by atoms with van der Waals surface area (Å²) in [5.41, 5.74) is 3.99. The van der Waals surface area contributed by atoms with Crippen molar-refractivity contribution in [1.82, 2.24) is 5.32 Å². The molecule has 1 atom stereocenters. The van der Waals surface area contributed by atoms with Crippen molar-refractivity contribution in [3.63, 3.8) is 0 Å². The highest BCUT2D eigenvalue weighted by atomic mass is 35.5. The molecule has 2 aromatic rings. The molecule has 1 unspecified atom stereocenters. The van der Waals surface area contributed by atoms with Gasteiger partial charge in [0.25, 0.3) is 0 Å². The van der Waals surface area contributed by atoms with Crippen molar-refractivity contribution in [1.29, 1.82) is 0 Å². The van der Waals surface area contributed by atoms with E-state index in [0.717, 1.165) is 10.8 Å². The molecular weight excluding hydrogens is 286 g/mol. The molecule has 2 aromatic carbocycles. The van der Waals surface area contributed by atoms with Gasteiger partial charge in [-0.25, -0.2) is 0 Å². The highest BCUT2D eigenvalue weighted by Crippen LogP contribution is 2.26. The van der Waals surface area contributed by atoms with Crippen LogP contribution < -0.4 is 5.32 Å². The Morgan fingerprint density at radius 1 is 1.05 bits per heavy atom. The van der Waals surface area contributed by atoms with E-state index < -0.39 is 0 Å². The molecule has 0 saturated carbocycles. The van der Waals surface area contributed by atoms with Crippen molar-refractivity contribution in [3.8, 4) is 0 Å². The third-order valence-corrected chi connectivity index (χ3v) is 4.58. The van der Waals surface area contributed by atoms with Gasteiger partial charge in [-0.05, 0) is 50.7 Å². The molecule has 0 fully saturated rings. The van der Waals surface area contributed by atoms with Crippen LogP contribution in [-0.2, 0) is 0 Å². The van der Waals surface area contributed by atoms with Gasteiger partial charge in [-0.3, -0.25) is 0 Å². The van der Waals surface area contributed by atoms with Crippen molar-refractivity contribution in [3.05, 3.63) is 64.2 Å². The summed E-state index contributed by atoms with van der Waals surface area (Å²) in [6.45, 7) is 4.30. The lowest BCUT2D eigenvalue weighted by Gasteiger charge is -2.17. The van der Waals surface area contributed by atoms with E-state index in [1.54, 1.807) is 0 Å². The van der Waals surface area contributed by atoms with Crippen molar-refractivity contribution in [2.24, 2.45) is 0 Å². The smallest absolute Gasteiger partial charge is 0.0413 e. The van der Waals surface area contributed by atoms with Gasteiger partial charge in [0.2, 0.25) is 0 Å². The van der Waals surface area contributed by atoms with E-state index in [0.29, 0.717) is 6.04 Å².